The summed E-state index contributed by atoms with van der Waals surface area (Å²) >= 11 is 0. The van der Waals surface area contributed by atoms with E-state index in [9.17, 15) is 0 Å². The van der Waals surface area contributed by atoms with Crippen LogP contribution in [0.25, 0.3) is 0 Å². The van der Waals surface area contributed by atoms with Crippen molar-refractivity contribution in [2.75, 3.05) is 0 Å². The molecule has 1 rings (SSSR count). The molecule has 0 spiro atoms. The molecular weight excluding hydrogens is 256 g/mol. The Morgan fingerprint density at radius 3 is 2.00 bits per heavy atom. The van der Waals surface area contributed by atoms with Gasteiger partial charge in [-0.15, -0.1) is 0 Å². The summed E-state index contributed by atoms with van der Waals surface area (Å²) < 4.78 is 6.77. The Bertz CT molecular complexity index is 288. The van der Waals surface area contributed by atoms with Crippen molar-refractivity contribution in [2.45, 2.75) is 112 Å². The fourth-order valence-corrected chi connectivity index (χ4v) is 4.27. The van der Waals surface area contributed by atoms with E-state index in [2.05, 4.69) is 48.5 Å². The van der Waals surface area contributed by atoms with Crippen LogP contribution in [0, 0.1) is 17.3 Å². The summed E-state index contributed by atoms with van der Waals surface area (Å²) in [6.45, 7) is 16.5. The molecule has 1 nitrogen and oxygen atoms in total. The quantitative estimate of drug-likeness (QED) is 0.490. The molecule has 0 aromatic carbocycles. The first kappa shape index (κ1) is 19.0. The van der Waals surface area contributed by atoms with Crippen LogP contribution in [-0.4, -0.2) is 11.7 Å². The zero-order valence-corrected chi connectivity index (χ0v) is 15.8. The van der Waals surface area contributed by atoms with Crippen molar-refractivity contribution >= 4 is 0 Å². The second-order valence-corrected chi connectivity index (χ2v) is 8.33. The molecule has 2 atom stereocenters. The van der Waals surface area contributed by atoms with Gasteiger partial charge in [-0.3, -0.25) is 0 Å². The fraction of sp³-hybridized carbons (Fsp3) is 1.00. The van der Waals surface area contributed by atoms with Gasteiger partial charge in [0.05, 0.1) is 11.7 Å². The molecule has 0 saturated heterocycles. The van der Waals surface area contributed by atoms with E-state index in [-0.39, 0.29) is 5.60 Å². The number of rotatable bonds is 8. The summed E-state index contributed by atoms with van der Waals surface area (Å²) in [6, 6.07) is 0. The maximum Gasteiger partial charge on any atom is 0.0658 e. The monoisotopic (exact) mass is 296 g/mol. The van der Waals surface area contributed by atoms with Gasteiger partial charge in [0.2, 0.25) is 0 Å². The molecule has 0 amide bonds. The molecule has 0 aromatic rings. The van der Waals surface area contributed by atoms with Crippen LogP contribution >= 0.6 is 0 Å². The van der Waals surface area contributed by atoms with Crippen LogP contribution < -0.4 is 0 Å². The van der Waals surface area contributed by atoms with Gasteiger partial charge in [-0.2, -0.15) is 0 Å². The van der Waals surface area contributed by atoms with E-state index in [1.165, 1.54) is 44.9 Å². The molecule has 0 heterocycles. The molecule has 1 aliphatic rings. The Hall–Kier alpha value is -0.0400. The van der Waals surface area contributed by atoms with Gasteiger partial charge in [0, 0.05) is 0 Å². The molecule has 0 aliphatic heterocycles. The van der Waals surface area contributed by atoms with E-state index < -0.39 is 0 Å². The van der Waals surface area contributed by atoms with E-state index in [4.69, 9.17) is 4.74 Å². The maximum absolute atomic E-state index is 6.77. The van der Waals surface area contributed by atoms with Crippen LogP contribution in [0.2, 0.25) is 0 Å². The van der Waals surface area contributed by atoms with Gasteiger partial charge in [0.25, 0.3) is 0 Å². The van der Waals surface area contributed by atoms with Crippen LogP contribution in [0.3, 0.4) is 0 Å². The molecule has 0 N–H and O–H groups in total. The van der Waals surface area contributed by atoms with E-state index in [0.29, 0.717) is 11.5 Å². The Balaban J connectivity index is 2.74. The van der Waals surface area contributed by atoms with Crippen LogP contribution in [-0.2, 0) is 4.74 Å². The zero-order valence-electron chi connectivity index (χ0n) is 15.8. The van der Waals surface area contributed by atoms with Gasteiger partial charge in [0.15, 0.2) is 0 Å². The van der Waals surface area contributed by atoms with Gasteiger partial charge >= 0.3 is 0 Å². The van der Waals surface area contributed by atoms with Crippen molar-refractivity contribution in [3.63, 3.8) is 0 Å². The number of hydrogen-bond acceptors (Lipinski definition) is 1. The highest BCUT2D eigenvalue weighted by Crippen LogP contribution is 2.42. The first-order valence-electron chi connectivity index (χ1n) is 9.46. The Kier molecular flexibility index (Phi) is 7.24. The highest BCUT2D eigenvalue weighted by Gasteiger charge is 2.39. The molecule has 1 heteroatoms. The smallest absolute Gasteiger partial charge is 0.0658 e. The fourth-order valence-electron chi connectivity index (χ4n) is 4.27. The van der Waals surface area contributed by atoms with E-state index >= 15 is 0 Å². The third-order valence-electron chi connectivity index (χ3n) is 6.22. The summed E-state index contributed by atoms with van der Waals surface area (Å²) in [5.74, 6) is 1.66. The van der Waals surface area contributed by atoms with Crippen molar-refractivity contribution in [3.8, 4) is 0 Å². The topological polar surface area (TPSA) is 9.23 Å². The second kappa shape index (κ2) is 7.99. The lowest BCUT2D eigenvalue weighted by atomic mass is 9.73. The summed E-state index contributed by atoms with van der Waals surface area (Å²) in [6.07, 6.45) is 10.8. The van der Waals surface area contributed by atoms with Crippen molar-refractivity contribution < 1.29 is 4.74 Å². The molecule has 0 radical (unpaired) electrons. The minimum Gasteiger partial charge on any atom is -0.372 e. The summed E-state index contributed by atoms with van der Waals surface area (Å²) in [4.78, 5) is 0. The second-order valence-electron chi connectivity index (χ2n) is 8.33. The van der Waals surface area contributed by atoms with E-state index in [0.717, 1.165) is 18.3 Å². The molecule has 0 aromatic heterocycles. The lowest BCUT2D eigenvalue weighted by molar-refractivity contribution is -0.157. The average molecular weight is 297 g/mol. The highest BCUT2D eigenvalue weighted by molar-refractivity contribution is 4.89. The SMILES string of the molecule is CCCC(C)(CC)[C@H](CC)OC(C)(C)C1CCC(C)CC1. The number of ether oxygens (including phenoxy) is 1. The first-order chi connectivity index (χ1) is 9.79. The van der Waals surface area contributed by atoms with Crippen LogP contribution in [0.5, 0.6) is 0 Å². The van der Waals surface area contributed by atoms with Crippen molar-refractivity contribution in [1.29, 1.82) is 0 Å². The average Bonchev–Trinajstić information content (AvgIpc) is 2.45. The van der Waals surface area contributed by atoms with Crippen molar-refractivity contribution in [3.05, 3.63) is 0 Å². The van der Waals surface area contributed by atoms with E-state index in [1.807, 2.05) is 0 Å². The standard InChI is InChI=1S/C20H40O/c1-8-15-20(7,10-3)18(9-2)21-19(5,6)17-13-11-16(4)12-14-17/h16-18H,8-15H2,1-7H3/t16?,17?,18-,20?/m0/s1. The minimum atomic E-state index is 0.0327. The molecule has 1 saturated carbocycles. The van der Waals surface area contributed by atoms with Crippen LogP contribution in [0.15, 0.2) is 0 Å². The third-order valence-corrected chi connectivity index (χ3v) is 6.22. The molecular formula is C20H40O. The van der Waals surface area contributed by atoms with E-state index in [1.54, 1.807) is 0 Å². The molecule has 0 bridgehead atoms. The van der Waals surface area contributed by atoms with Gasteiger partial charge in [-0.05, 0) is 63.2 Å². The largest absolute Gasteiger partial charge is 0.372 e. The minimum absolute atomic E-state index is 0.0327. The Morgan fingerprint density at radius 2 is 1.57 bits per heavy atom. The molecule has 1 aliphatic carbocycles. The van der Waals surface area contributed by atoms with Crippen LogP contribution in [0.4, 0.5) is 0 Å². The zero-order chi connectivity index (χ0) is 16.1. The molecule has 21 heavy (non-hydrogen) atoms. The lowest BCUT2D eigenvalue weighted by Crippen LogP contribution is -2.45. The first-order valence-corrected chi connectivity index (χ1v) is 9.46. The van der Waals surface area contributed by atoms with Gasteiger partial charge in [-0.1, -0.05) is 53.9 Å². The molecule has 1 fully saturated rings. The Labute approximate surface area is 134 Å². The van der Waals surface area contributed by atoms with Crippen molar-refractivity contribution in [2.24, 2.45) is 17.3 Å². The van der Waals surface area contributed by atoms with Gasteiger partial charge < -0.3 is 4.74 Å². The molecule has 126 valence electrons. The summed E-state index contributed by atoms with van der Waals surface area (Å²) in [5.41, 5.74) is 0.369. The Morgan fingerprint density at radius 1 is 1.00 bits per heavy atom. The summed E-state index contributed by atoms with van der Waals surface area (Å²) in [7, 11) is 0. The third kappa shape index (κ3) is 4.98. The maximum atomic E-state index is 6.77. The van der Waals surface area contributed by atoms with Gasteiger partial charge in [-0.25, -0.2) is 0 Å². The normalized spacial score (nSPS) is 28.1. The van der Waals surface area contributed by atoms with Crippen LogP contribution in [0.1, 0.15) is 99.8 Å². The molecule has 1 unspecified atom stereocenters. The van der Waals surface area contributed by atoms with Gasteiger partial charge in [0.1, 0.15) is 0 Å². The predicted molar refractivity (Wildman–Crippen MR) is 93.7 cm³/mol. The summed E-state index contributed by atoms with van der Waals surface area (Å²) in [5, 5.41) is 0. The highest BCUT2D eigenvalue weighted by atomic mass is 16.5. The van der Waals surface area contributed by atoms with Crippen molar-refractivity contribution in [1.82, 2.24) is 0 Å². The predicted octanol–water partition coefficient (Wildman–Crippen LogP) is 6.60. The number of hydrogen-bond donors (Lipinski definition) is 0. The lowest BCUT2D eigenvalue weighted by Gasteiger charge is -2.45.